The fraction of sp³-hybridized carbons (Fsp3) is 0.211. The number of carboxylic acids is 1. The Hall–Kier alpha value is -2.77. The number of nitrogens with one attached hydrogen (secondary N) is 2. The van der Waals surface area contributed by atoms with Gasteiger partial charge in [0.05, 0.1) is 16.7 Å². The Morgan fingerprint density at radius 3 is 2.71 bits per heavy atom. The second kappa shape index (κ2) is 8.95. The van der Waals surface area contributed by atoms with E-state index in [9.17, 15) is 14.7 Å². The van der Waals surface area contributed by atoms with Crippen LogP contribution in [0, 0.1) is 0 Å². The third-order valence-electron chi connectivity index (χ3n) is 4.25. The highest BCUT2D eigenvalue weighted by Gasteiger charge is 2.24. The summed E-state index contributed by atoms with van der Waals surface area (Å²) in [5.41, 5.74) is 2.75. The molecule has 3 N–H and O–H groups in total. The summed E-state index contributed by atoms with van der Waals surface area (Å²) in [4.78, 5) is 23.7. The molecule has 0 aliphatic heterocycles. The fourth-order valence-electron chi connectivity index (χ4n) is 2.85. The van der Waals surface area contributed by atoms with Crippen LogP contribution < -0.4 is 5.32 Å². The highest BCUT2D eigenvalue weighted by Crippen LogP contribution is 2.30. The Labute approximate surface area is 170 Å². The van der Waals surface area contributed by atoms with E-state index in [0.29, 0.717) is 27.1 Å². The molecular weight excluding hydrogens is 405 g/mol. The van der Waals surface area contributed by atoms with Gasteiger partial charge >= 0.3 is 12.1 Å². The largest absolute Gasteiger partial charge is 0.480 e. The van der Waals surface area contributed by atoms with Crippen molar-refractivity contribution in [1.82, 2.24) is 15.5 Å². The first-order valence-corrected chi connectivity index (χ1v) is 9.30. The zero-order chi connectivity index (χ0) is 20.1. The van der Waals surface area contributed by atoms with Crippen molar-refractivity contribution in [3.63, 3.8) is 0 Å². The number of nitrogens with zero attached hydrogens (tertiary/aromatic N) is 1. The summed E-state index contributed by atoms with van der Waals surface area (Å²) < 4.78 is 5.10. The number of hydrogen-bond acceptors (Lipinski definition) is 4. The van der Waals surface area contributed by atoms with Gasteiger partial charge in [-0.05, 0) is 22.8 Å². The molecule has 0 bridgehead atoms. The number of fused-ring (bicyclic) bond motifs is 1. The summed E-state index contributed by atoms with van der Waals surface area (Å²) in [5.74, 6) is -1.05. The third kappa shape index (κ3) is 4.55. The number of benzene rings is 2. The van der Waals surface area contributed by atoms with Crippen LogP contribution in [0.3, 0.4) is 0 Å². The summed E-state index contributed by atoms with van der Waals surface area (Å²) in [6.45, 7) is 0.0404. The van der Waals surface area contributed by atoms with Gasteiger partial charge in [0, 0.05) is 17.7 Å². The van der Waals surface area contributed by atoms with E-state index in [1.165, 1.54) is 0 Å². The van der Waals surface area contributed by atoms with E-state index in [4.69, 9.17) is 27.9 Å². The van der Waals surface area contributed by atoms with Gasteiger partial charge in [0.15, 0.2) is 0 Å². The van der Waals surface area contributed by atoms with Gasteiger partial charge in [0.1, 0.15) is 12.6 Å². The lowest BCUT2D eigenvalue weighted by Crippen LogP contribution is -2.42. The zero-order valence-electron chi connectivity index (χ0n) is 14.6. The van der Waals surface area contributed by atoms with Crippen LogP contribution in [0.15, 0.2) is 42.6 Å². The molecule has 0 radical (unpaired) electrons. The molecule has 0 saturated heterocycles. The molecule has 2 aromatic carbocycles. The van der Waals surface area contributed by atoms with Crippen LogP contribution >= 0.6 is 23.2 Å². The normalized spacial score (nSPS) is 11.9. The van der Waals surface area contributed by atoms with E-state index in [0.717, 1.165) is 5.56 Å². The number of hydrogen-bond donors (Lipinski definition) is 3. The highest BCUT2D eigenvalue weighted by molar-refractivity contribution is 6.35. The fourth-order valence-corrected chi connectivity index (χ4v) is 3.44. The van der Waals surface area contributed by atoms with Crippen LogP contribution in [0.2, 0.25) is 5.02 Å². The molecule has 0 aliphatic rings. The van der Waals surface area contributed by atoms with Crippen molar-refractivity contribution < 1.29 is 19.4 Å². The van der Waals surface area contributed by atoms with E-state index in [-0.39, 0.29) is 18.9 Å². The second-order valence-electron chi connectivity index (χ2n) is 6.09. The lowest BCUT2D eigenvalue weighted by atomic mass is 9.98. The van der Waals surface area contributed by atoms with Crippen LogP contribution in [0.5, 0.6) is 0 Å². The lowest BCUT2D eigenvalue weighted by Gasteiger charge is -2.17. The van der Waals surface area contributed by atoms with Gasteiger partial charge in [0.25, 0.3) is 0 Å². The molecule has 0 unspecified atom stereocenters. The van der Waals surface area contributed by atoms with Crippen LogP contribution in [-0.2, 0) is 28.4 Å². The molecule has 0 fully saturated rings. The highest BCUT2D eigenvalue weighted by atomic mass is 35.5. The number of halogens is 2. The molecule has 1 amide bonds. The SMILES string of the molecule is O=C(N[C@H](Cc1cc(Cl)c2[nH]ncc2c1CCl)C(=O)O)OCc1ccccc1. The number of carbonyl (C=O) groups excluding carboxylic acids is 1. The topological polar surface area (TPSA) is 104 Å². The maximum atomic E-state index is 12.1. The second-order valence-corrected chi connectivity index (χ2v) is 6.76. The Kier molecular flexibility index (Phi) is 6.38. The number of alkyl halides is 1. The van der Waals surface area contributed by atoms with Gasteiger partial charge in [-0.3, -0.25) is 5.10 Å². The summed E-state index contributed by atoms with van der Waals surface area (Å²) in [6, 6.07) is 9.52. The molecule has 0 spiro atoms. The van der Waals surface area contributed by atoms with Crippen molar-refractivity contribution >= 4 is 46.2 Å². The first-order chi connectivity index (χ1) is 13.5. The Bertz CT molecular complexity index is 992. The summed E-state index contributed by atoms with van der Waals surface area (Å²) in [7, 11) is 0. The van der Waals surface area contributed by atoms with Crippen molar-refractivity contribution in [2.75, 3.05) is 0 Å². The standard InChI is InChI=1S/C19H17Cl2N3O4/c20-8-13-12(6-15(21)17-14(13)9-22-24-17)7-16(18(25)26)23-19(27)28-10-11-4-2-1-3-5-11/h1-6,9,16H,7-8,10H2,(H,22,24)(H,23,27)(H,25,26)/t16-/m1/s1. The number of aliphatic carboxylic acids is 1. The summed E-state index contributed by atoms with van der Waals surface area (Å²) >= 11 is 12.3. The predicted molar refractivity (Wildman–Crippen MR) is 106 cm³/mol. The number of aromatic amines is 1. The minimum atomic E-state index is -1.20. The van der Waals surface area contributed by atoms with E-state index >= 15 is 0 Å². The molecular formula is C19H17Cl2N3O4. The first-order valence-electron chi connectivity index (χ1n) is 8.39. The monoisotopic (exact) mass is 421 g/mol. The summed E-state index contributed by atoms with van der Waals surface area (Å²) in [5, 5.41) is 19.7. The summed E-state index contributed by atoms with van der Waals surface area (Å²) in [6.07, 6.45) is 0.762. The van der Waals surface area contributed by atoms with Crippen LogP contribution in [0.1, 0.15) is 16.7 Å². The van der Waals surface area contributed by atoms with Crippen molar-refractivity contribution in [2.24, 2.45) is 0 Å². The number of amides is 1. The van der Waals surface area contributed by atoms with Crippen LogP contribution in [0.4, 0.5) is 4.79 Å². The minimum Gasteiger partial charge on any atom is -0.480 e. The molecule has 1 heterocycles. The number of ether oxygens (including phenoxy) is 1. The van der Waals surface area contributed by atoms with Gasteiger partial charge in [-0.15, -0.1) is 11.6 Å². The van der Waals surface area contributed by atoms with E-state index in [1.54, 1.807) is 24.4 Å². The molecule has 9 heteroatoms. The van der Waals surface area contributed by atoms with Crippen molar-refractivity contribution in [3.05, 3.63) is 64.3 Å². The third-order valence-corrected chi connectivity index (χ3v) is 4.82. The number of alkyl carbamates (subject to hydrolysis) is 1. The van der Waals surface area contributed by atoms with Crippen molar-refractivity contribution in [1.29, 1.82) is 0 Å². The maximum absolute atomic E-state index is 12.1. The van der Waals surface area contributed by atoms with Crippen LogP contribution in [0.25, 0.3) is 10.9 Å². The number of carboxylic acid groups (broad SMARTS) is 1. The molecule has 1 aromatic heterocycles. The average molecular weight is 422 g/mol. The maximum Gasteiger partial charge on any atom is 0.408 e. The van der Waals surface area contributed by atoms with Gasteiger partial charge in [-0.25, -0.2) is 9.59 Å². The Morgan fingerprint density at radius 1 is 1.29 bits per heavy atom. The van der Waals surface area contributed by atoms with E-state index < -0.39 is 18.1 Å². The van der Waals surface area contributed by atoms with Crippen LogP contribution in [-0.4, -0.2) is 33.4 Å². The van der Waals surface area contributed by atoms with Gasteiger partial charge < -0.3 is 15.2 Å². The number of H-pyrrole nitrogens is 1. The van der Waals surface area contributed by atoms with Gasteiger partial charge in [-0.1, -0.05) is 41.9 Å². The number of carbonyl (C=O) groups is 2. The van der Waals surface area contributed by atoms with Gasteiger partial charge in [0.2, 0.25) is 0 Å². The van der Waals surface area contributed by atoms with Gasteiger partial charge in [-0.2, -0.15) is 5.10 Å². The zero-order valence-corrected chi connectivity index (χ0v) is 16.1. The molecule has 3 rings (SSSR count). The lowest BCUT2D eigenvalue weighted by molar-refractivity contribution is -0.139. The molecule has 3 aromatic rings. The van der Waals surface area contributed by atoms with E-state index in [1.807, 2.05) is 18.2 Å². The number of aromatic nitrogens is 2. The van der Waals surface area contributed by atoms with Crippen molar-refractivity contribution in [2.45, 2.75) is 24.9 Å². The van der Waals surface area contributed by atoms with E-state index in [2.05, 4.69) is 15.5 Å². The molecule has 0 aliphatic carbocycles. The molecule has 0 saturated carbocycles. The first kappa shape index (κ1) is 20.0. The molecule has 28 heavy (non-hydrogen) atoms. The average Bonchev–Trinajstić information content (AvgIpc) is 3.17. The quantitative estimate of drug-likeness (QED) is 0.502. The predicted octanol–water partition coefficient (Wildman–Crippen LogP) is 3.88. The smallest absolute Gasteiger partial charge is 0.408 e. The molecule has 1 atom stereocenters. The molecule has 7 nitrogen and oxygen atoms in total. The number of rotatable bonds is 7. The minimum absolute atomic E-state index is 0.00133. The Balaban J connectivity index is 1.73. The molecule has 146 valence electrons. The van der Waals surface area contributed by atoms with Crippen molar-refractivity contribution in [3.8, 4) is 0 Å². The Morgan fingerprint density at radius 2 is 2.04 bits per heavy atom.